The Morgan fingerprint density at radius 1 is 1.17 bits per heavy atom. The highest BCUT2D eigenvalue weighted by Crippen LogP contribution is 2.16. The first kappa shape index (κ1) is 16.0. The molecule has 2 heteroatoms. The predicted octanol–water partition coefficient (Wildman–Crippen LogP) is 4.14. The lowest BCUT2D eigenvalue weighted by Crippen LogP contribution is -2.39. The van der Waals surface area contributed by atoms with Crippen molar-refractivity contribution in [1.82, 2.24) is 5.32 Å². The normalized spacial score (nSPS) is 24.7. The Morgan fingerprint density at radius 3 is 2.67 bits per heavy atom. The van der Waals surface area contributed by atoms with Crippen LogP contribution in [0.1, 0.15) is 72.1 Å². The van der Waals surface area contributed by atoms with Gasteiger partial charge >= 0.3 is 0 Å². The first-order valence-electron chi connectivity index (χ1n) is 8.07. The summed E-state index contributed by atoms with van der Waals surface area (Å²) in [5.74, 6) is 0.872. The Balaban J connectivity index is 1.91. The van der Waals surface area contributed by atoms with Crippen molar-refractivity contribution in [2.75, 3.05) is 13.2 Å². The molecule has 1 heterocycles. The van der Waals surface area contributed by atoms with Crippen LogP contribution in [-0.2, 0) is 4.74 Å². The lowest BCUT2D eigenvalue weighted by Gasteiger charge is -2.29. The lowest BCUT2D eigenvalue weighted by atomic mass is 10.0. The summed E-state index contributed by atoms with van der Waals surface area (Å²) in [6.07, 6.45) is 11.0. The molecular formula is C16H33NO. The fraction of sp³-hybridized carbons (Fsp3) is 1.00. The molecule has 0 radical (unpaired) electrons. The highest BCUT2D eigenvalue weighted by molar-refractivity contribution is 4.75. The monoisotopic (exact) mass is 255 g/mol. The summed E-state index contributed by atoms with van der Waals surface area (Å²) in [6, 6.07) is 0.708. The molecule has 1 rings (SSSR count). The molecule has 1 N–H and O–H groups in total. The molecular weight excluding hydrogens is 222 g/mol. The molecule has 0 aliphatic carbocycles. The maximum Gasteiger partial charge on any atom is 0.0587 e. The average Bonchev–Trinajstić information content (AvgIpc) is 2.37. The van der Waals surface area contributed by atoms with E-state index < -0.39 is 0 Å². The first-order chi connectivity index (χ1) is 8.72. The van der Waals surface area contributed by atoms with E-state index >= 15 is 0 Å². The average molecular weight is 255 g/mol. The van der Waals surface area contributed by atoms with Gasteiger partial charge in [-0.15, -0.1) is 0 Å². The third kappa shape index (κ3) is 7.38. The SMILES string of the molecule is CCC1CC(NCCCCCCC(C)C)CCO1. The van der Waals surface area contributed by atoms with Crippen LogP contribution in [0.2, 0.25) is 0 Å². The van der Waals surface area contributed by atoms with E-state index in [1.54, 1.807) is 0 Å². The van der Waals surface area contributed by atoms with Crippen molar-refractivity contribution in [3.05, 3.63) is 0 Å². The number of rotatable bonds is 9. The zero-order chi connectivity index (χ0) is 13.2. The smallest absolute Gasteiger partial charge is 0.0587 e. The van der Waals surface area contributed by atoms with E-state index in [9.17, 15) is 0 Å². The van der Waals surface area contributed by atoms with Crippen molar-refractivity contribution in [2.24, 2.45) is 5.92 Å². The molecule has 1 saturated heterocycles. The fourth-order valence-electron chi connectivity index (χ4n) is 2.69. The van der Waals surface area contributed by atoms with Crippen molar-refractivity contribution in [1.29, 1.82) is 0 Å². The lowest BCUT2D eigenvalue weighted by molar-refractivity contribution is -0.00000144. The number of nitrogens with one attached hydrogen (secondary N) is 1. The van der Waals surface area contributed by atoms with Gasteiger partial charge in [-0.05, 0) is 38.1 Å². The van der Waals surface area contributed by atoms with Gasteiger partial charge in [0.05, 0.1) is 6.10 Å². The van der Waals surface area contributed by atoms with Gasteiger partial charge < -0.3 is 10.1 Å². The molecule has 2 nitrogen and oxygen atoms in total. The minimum absolute atomic E-state index is 0.502. The van der Waals surface area contributed by atoms with Crippen molar-refractivity contribution < 1.29 is 4.74 Å². The summed E-state index contributed by atoms with van der Waals surface area (Å²) in [6.45, 7) is 9.00. The number of ether oxygens (including phenoxy) is 1. The van der Waals surface area contributed by atoms with E-state index in [2.05, 4.69) is 26.1 Å². The second kappa shape index (κ2) is 9.80. The van der Waals surface area contributed by atoms with Gasteiger partial charge in [0.25, 0.3) is 0 Å². The fourth-order valence-corrected chi connectivity index (χ4v) is 2.69. The van der Waals surface area contributed by atoms with Crippen LogP contribution in [0, 0.1) is 5.92 Å². The largest absolute Gasteiger partial charge is 0.378 e. The van der Waals surface area contributed by atoms with Crippen LogP contribution in [0.25, 0.3) is 0 Å². The third-order valence-corrected chi connectivity index (χ3v) is 3.96. The highest BCUT2D eigenvalue weighted by atomic mass is 16.5. The second-order valence-corrected chi connectivity index (χ2v) is 6.17. The first-order valence-corrected chi connectivity index (χ1v) is 8.07. The van der Waals surface area contributed by atoms with Gasteiger partial charge in [0.1, 0.15) is 0 Å². The molecule has 0 aromatic heterocycles. The van der Waals surface area contributed by atoms with E-state index in [4.69, 9.17) is 4.74 Å². The number of hydrogen-bond donors (Lipinski definition) is 1. The zero-order valence-electron chi connectivity index (χ0n) is 12.7. The van der Waals surface area contributed by atoms with E-state index in [0.717, 1.165) is 18.9 Å². The molecule has 0 aromatic carbocycles. The predicted molar refractivity (Wildman–Crippen MR) is 79.0 cm³/mol. The summed E-state index contributed by atoms with van der Waals surface area (Å²) >= 11 is 0. The summed E-state index contributed by atoms with van der Waals surface area (Å²) < 4.78 is 5.70. The standard InChI is InChI=1S/C16H33NO/c1-4-16-13-15(10-12-18-16)17-11-8-6-5-7-9-14(2)3/h14-17H,4-13H2,1-3H3. The van der Waals surface area contributed by atoms with Gasteiger partial charge in [-0.3, -0.25) is 0 Å². The minimum Gasteiger partial charge on any atom is -0.378 e. The molecule has 108 valence electrons. The molecule has 0 amide bonds. The van der Waals surface area contributed by atoms with Crippen LogP contribution in [0.5, 0.6) is 0 Å². The molecule has 18 heavy (non-hydrogen) atoms. The van der Waals surface area contributed by atoms with Gasteiger partial charge in [0.2, 0.25) is 0 Å². The molecule has 2 atom stereocenters. The van der Waals surface area contributed by atoms with Gasteiger partial charge in [-0.25, -0.2) is 0 Å². The Labute approximate surface area is 114 Å². The van der Waals surface area contributed by atoms with E-state index in [-0.39, 0.29) is 0 Å². The van der Waals surface area contributed by atoms with Crippen molar-refractivity contribution in [3.8, 4) is 0 Å². The second-order valence-electron chi connectivity index (χ2n) is 6.17. The Kier molecular flexibility index (Phi) is 8.70. The van der Waals surface area contributed by atoms with Crippen molar-refractivity contribution in [3.63, 3.8) is 0 Å². The van der Waals surface area contributed by atoms with Gasteiger partial charge in [-0.1, -0.05) is 46.5 Å². The molecule has 1 aliphatic rings. The molecule has 2 unspecified atom stereocenters. The van der Waals surface area contributed by atoms with E-state index in [1.807, 2.05) is 0 Å². The quantitative estimate of drug-likeness (QED) is 0.625. The van der Waals surface area contributed by atoms with Crippen LogP contribution < -0.4 is 5.32 Å². The topological polar surface area (TPSA) is 21.3 Å². The number of unbranched alkanes of at least 4 members (excludes halogenated alkanes) is 3. The van der Waals surface area contributed by atoms with Gasteiger partial charge in [0, 0.05) is 12.6 Å². The Hall–Kier alpha value is -0.0800. The Morgan fingerprint density at radius 2 is 1.94 bits per heavy atom. The van der Waals surface area contributed by atoms with Crippen LogP contribution in [0.4, 0.5) is 0 Å². The molecule has 0 bridgehead atoms. The van der Waals surface area contributed by atoms with E-state index in [0.29, 0.717) is 12.1 Å². The summed E-state index contributed by atoms with van der Waals surface area (Å²) in [7, 11) is 0. The van der Waals surface area contributed by atoms with Crippen LogP contribution in [-0.4, -0.2) is 25.3 Å². The van der Waals surface area contributed by atoms with Crippen LogP contribution >= 0.6 is 0 Å². The molecule has 0 spiro atoms. The molecule has 1 aliphatic heterocycles. The highest BCUT2D eigenvalue weighted by Gasteiger charge is 2.20. The summed E-state index contributed by atoms with van der Waals surface area (Å²) in [5, 5.41) is 3.71. The van der Waals surface area contributed by atoms with Crippen molar-refractivity contribution >= 4 is 0 Å². The van der Waals surface area contributed by atoms with Gasteiger partial charge in [-0.2, -0.15) is 0 Å². The summed E-state index contributed by atoms with van der Waals surface area (Å²) in [5.41, 5.74) is 0. The molecule has 1 fully saturated rings. The maximum atomic E-state index is 5.70. The minimum atomic E-state index is 0.502. The maximum absolute atomic E-state index is 5.70. The summed E-state index contributed by atoms with van der Waals surface area (Å²) in [4.78, 5) is 0. The van der Waals surface area contributed by atoms with Crippen molar-refractivity contribution in [2.45, 2.75) is 84.3 Å². The molecule has 0 saturated carbocycles. The third-order valence-electron chi connectivity index (χ3n) is 3.96. The Bertz CT molecular complexity index is 194. The van der Waals surface area contributed by atoms with Crippen LogP contribution in [0.15, 0.2) is 0 Å². The number of hydrogen-bond acceptors (Lipinski definition) is 2. The zero-order valence-corrected chi connectivity index (χ0v) is 12.7. The molecule has 0 aromatic rings. The van der Waals surface area contributed by atoms with Crippen LogP contribution in [0.3, 0.4) is 0 Å². The van der Waals surface area contributed by atoms with E-state index in [1.165, 1.54) is 51.5 Å². The van der Waals surface area contributed by atoms with Gasteiger partial charge in [0.15, 0.2) is 0 Å².